The Morgan fingerprint density at radius 2 is 1.48 bits per heavy atom. The molecule has 7 nitrogen and oxygen atoms in total. The van der Waals surface area contributed by atoms with Gasteiger partial charge in [-0.1, -0.05) is 65.1 Å². The molecule has 0 saturated heterocycles. The van der Waals surface area contributed by atoms with Crippen LogP contribution in [0.25, 0.3) is 6.08 Å². The SMILES string of the molecule is COc1ccc(NC(=O)CSc2cccc(NC(=O)/C(=C\c3c(Cl)cccc3Cl)NC(=O)c3ccccc3)c2)cc1Cl. The highest BCUT2D eigenvalue weighted by Crippen LogP contribution is 2.29. The van der Waals surface area contributed by atoms with E-state index in [-0.39, 0.29) is 17.4 Å². The van der Waals surface area contributed by atoms with Crippen molar-refractivity contribution in [3.05, 3.63) is 123 Å². The Morgan fingerprint density at radius 3 is 2.17 bits per heavy atom. The average Bonchev–Trinajstić information content (AvgIpc) is 2.98. The van der Waals surface area contributed by atoms with E-state index < -0.39 is 11.8 Å². The Hall–Kier alpha value is -3.95. The first-order chi connectivity index (χ1) is 20.2. The van der Waals surface area contributed by atoms with E-state index in [9.17, 15) is 14.4 Å². The van der Waals surface area contributed by atoms with Crippen LogP contribution >= 0.6 is 46.6 Å². The predicted octanol–water partition coefficient (Wildman–Crippen LogP) is 7.80. The van der Waals surface area contributed by atoms with Gasteiger partial charge < -0.3 is 20.7 Å². The fourth-order valence-corrected chi connectivity index (χ4v) is 5.21. The van der Waals surface area contributed by atoms with Crippen molar-refractivity contribution >= 4 is 81.7 Å². The van der Waals surface area contributed by atoms with Gasteiger partial charge in [-0.3, -0.25) is 14.4 Å². The fourth-order valence-electron chi connectivity index (χ4n) is 3.69. The Bertz CT molecular complexity index is 1630. The molecule has 0 bridgehead atoms. The molecule has 0 aromatic heterocycles. The first-order valence-electron chi connectivity index (χ1n) is 12.4. The highest BCUT2D eigenvalue weighted by atomic mass is 35.5. The maximum absolute atomic E-state index is 13.4. The Kier molecular flexibility index (Phi) is 10.9. The number of methoxy groups -OCH3 is 1. The quantitative estimate of drug-likeness (QED) is 0.121. The van der Waals surface area contributed by atoms with Crippen LogP contribution in [-0.2, 0) is 9.59 Å². The molecule has 0 aliphatic rings. The third-order valence-corrected chi connectivity index (χ3v) is 7.66. The van der Waals surface area contributed by atoms with Gasteiger partial charge >= 0.3 is 0 Å². The van der Waals surface area contributed by atoms with Crippen molar-refractivity contribution in [1.82, 2.24) is 5.32 Å². The second-order valence-electron chi connectivity index (χ2n) is 8.68. The lowest BCUT2D eigenvalue weighted by Gasteiger charge is -2.13. The van der Waals surface area contributed by atoms with Crippen molar-refractivity contribution in [3.8, 4) is 5.75 Å². The van der Waals surface area contributed by atoms with Gasteiger partial charge in [0.1, 0.15) is 11.4 Å². The van der Waals surface area contributed by atoms with Crippen LogP contribution in [0.4, 0.5) is 11.4 Å². The highest BCUT2D eigenvalue weighted by Gasteiger charge is 2.17. The van der Waals surface area contributed by atoms with Crippen LogP contribution in [0.1, 0.15) is 15.9 Å². The fraction of sp³-hybridized carbons (Fsp3) is 0.0645. The van der Waals surface area contributed by atoms with Gasteiger partial charge in [0.2, 0.25) is 5.91 Å². The van der Waals surface area contributed by atoms with Gasteiger partial charge in [-0.25, -0.2) is 0 Å². The molecular formula is C31H24Cl3N3O4S. The lowest BCUT2D eigenvalue weighted by Crippen LogP contribution is -2.30. The molecule has 0 heterocycles. The van der Waals surface area contributed by atoms with Gasteiger partial charge in [-0.2, -0.15) is 0 Å². The maximum Gasteiger partial charge on any atom is 0.272 e. The van der Waals surface area contributed by atoms with E-state index in [1.807, 2.05) is 6.07 Å². The second kappa shape index (κ2) is 14.8. The molecule has 0 aliphatic heterocycles. The van der Waals surface area contributed by atoms with Gasteiger partial charge in [0.05, 0.1) is 17.9 Å². The summed E-state index contributed by atoms with van der Waals surface area (Å²) in [5.74, 6) is -0.679. The van der Waals surface area contributed by atoms with Crippen LogP contribution in [-0.4, -0.2) is 30.6 Å². The van der Waals surface area contributed by atoms with Crippen LogP contribution in [0, 0.1) is 0 Å². The van der Waals surface area contributed by atoms with E-state index in [0.717, 1.165) is 4.90 Å². The summed E-state index contributed by atoms with van der Waals surface area (Å²) in [6, 6.07) is 25.4. The standard InChI is InChI=1S/C31H24Cl3N3O4S/c1-41-28-14-13-21(16-26(28)34)35-29(38)18-42-22-10-5-9-20(15-22)36-31(40)27(17-23-24(32)11-6-12-25(23)33)37-30(39)19-7-3-2-4-8-19/h2-17H,18H2,1H3,(H,35,38)(H,36,40)(H,37,39)/b27-17+. The first-order valence-corrected chi connectivity index (χ1v) is 14.5. The molecule has 3 amide bonds. The van der Waals surface area contributed by atoms with Crippen LogP contribution < -0.4 is 20.7 Å². The molecule has 4 aromatic rings. The first kappa shape index (κ1) is 31.0. The number of carbonyl (C=O) groups is 3. The van der Waals surface area contributed by atoms with Crippen molar-refractivity contribution in [2.45, 2.75) is 4.90 Å². The summed E-state index contributed by atoms with van der Waals surface area (Å²) in [6.07, 6.45) is 1.43. The molecule has 0 unspecified atom stereocenters. The molecule has 4 rings (SSSR count). The molecule has 0 atom stereocenters. The number of amides is 3. The van der Waals surface area contributed by atoms with Crippen LogP contribution in [0.5, 0.6) is 5.75 Å². The van der Waals surface area contributed by atoms with Crippen LogP contribution in [0.3, 0.4) is 0 Å². The molecular weight excluding hydrogens is 617 g/mol. The molecule has 3 N–H and O–H groups in total. The third-order valence-electron chi connectivity index (χ3n) is 5.71. The molecule has 0 radical (unpaired) electrons. The van der Waals surface area contributed by atoms with Crippen molar-refractivity contribution < 1.29 is 19.1 Å². The largest absolute Gasteiger partial charge is 0.495 e. The van der Waals surface area contributed by atoms with E-state index in [1.54, 1.807) is 84.9 Å². The van der Waals surface area contributed by atoms with Crippen LogP contribution in [0.2, 0.25) is 15.1 Å². The summed E-state index contributed by atoms with van der Waals surface area (Å²) in [5, 5.41) is 9.26. The number of halogens is 3. The summed E-state index contributed by atoms with van der Waals surface area (Å²) >= 11 is 20.1. The number of hydrogen-bond donors (Lipinski definition) is 3. The van der Waals surface area contributed by atoms with Gasteiger partial charge in [-0.05, 0) is 66.7 Å². The van der Waals surface area contributed by atoms with Gasteiger partial charge in [0, 0.05) is 37.4 Å². The monoisotopic (exact) mass is 639 g/mol. The second-order valence-corrected chi connectivity index (χ2v) is 11.0. The van der Waals surface area contributed by atoms with Crippen molar-refractivity contribution in [2.24, 2.45) is 0 Å². The number of carbonyl (C=O) groups excluding carboxylic acids is 3. The zero-order chi connectivity index (χ0) is 30.1. The van der Waals surface area contributed by atoms with Gasteiger partial charge in [0.25, 0.3) is 11.8 Å². The zero-order valence-corrected chi connectivity index (χ0v) is 25.2. The minimum Gasteiger partial charge on any atom is -0.495 e. The van der Waals surface area contributed by atoms with E-state index in [1.165, 1.54) is 24.9 Å². The van der Waals surface area contributed by atoms with Crippen molar-refractivity contribution in [2.75, 3.05) is 23.5 Å². The molecule has 0 spiro atoms. The number of rotatable bonds is 10. The Morgan fingerprint density at radius 1 is 0.786 bits per heavy atom. The Labute approximate surface area is 262 Å². The number of anilines is 2. The topological polar surface area (TPSA) is 96.5 Å². The Balaban J connectivity index is 1.46. The summed E-state index contributed by atoms with van der Waals surface area (Å²) in [4.78, 5) is 39.5. The lowest BCUT2D eigenvalue weighted by atomic mass is 10.1. The smallest absolute Gasteiger partial charge is 0.272 e. The molecule has 11 heteroatoms. The molecule has 0 aliphatic carbocycles. The summed E-state index contributed by atoms with van der Waals surface area (Å²) < 4.78 is 5.13. The molecule has 0 saturated carbocycles. The number of thioether (sulfide) groups is 1. The third kappa shape index (κ3) is 8.53. The maximum atomic E-state index is 13.4. The summed E-state index contributed by atoms with van der Waals surface area (Å²) in [5.41, 5.74) is 1.69. The molecule has 0 fully saturated rings. The molecule has 42 heavy (non-hydrogen) atoms. The highest BCUT2D eigenvalue weighted by molar-refractivity contribution is 8.00. The lowest BCUT2D eigenvalue weighted by molar-refractivity contribution is -0.114. The zero-order valence-electron chi connectivity index (χ0n) is 22.1. The summed E-state index contributed by atoms with van der Waals surface area (Å²) in [6.45, 7) is 0. The van der Waals surface area contributed by atoms with E-state index in [2.05, 4.69) is 16.0 Å². The van der Waals surface area contributed by atoms with Crippen LogP contribution in [0.15, 0.2) is 102 Å². The molecule has 214 valence electrons. The normalized spacial score (nSPS) is 11.0. The number of hydrogen-bond acceptors (Lipinski definition) is 5. The number of benzene rings is 4. The van der Waals surface area contributed by atoms with Crippen molar-refractivity contribution in [3.63, 3.8) is 0 Å². The van der Waals surface area contributed by atoms with E-state index in [4.69, 9.17) is 39.5 Å². The van der Waals surface area contributed by atoms with E-state index >= 15 is 0 Å². The minimum atomic E-state index is -0.591. The number of ether oxygens (including phenoxy) is 1. The van der Waals surface area contributed by atoms with Gasteiger partial charge in [0.15, 0.2) is 0 Å². The van der Waals surface area contributed by atoms with Crippen molar-refractivity contribution in [1.29, 1.82) is 0 Å². The number of nitrogens with one attached hydrogen (secondary N) is 3. The summed E-state index contributed by atoms with van der Waals surface area (Å²) in [7, 11) is 1.51. The molecule has 4 aromatic carbocycles. The average molecular weight is 641 g/mol. The predicted molar refractivity (Wildman–Crippen MR) is 171 cm³/mol. The van der Waals surface area contributed by atoms with E-state index in [0.29, 0.717) is 43.3 Å². The minimum absolute atomic E-state index is 0.0607. The van der Waals surface area contributed by atoms with Gasteiger partial charge in [-0.15, -0.1) is 11.8 Å².